The van der Waals surface area contributed by atoms with Crippen LogP contribution in [0.25, 0.3) is 0 Å². The van der Waals surface area contributed by atoms with Crippen LogP contribution in [0.2, 0.25) is 0 Å². The van der Waals surface area contributed by atoms with E-state index >= 15 is 0 Å². The Morgan fingerprint density at radius 2 is 2.12 bits per heavy atom. The van der Waals surface area contributed by atoms with Crippen molar-refractivity contribution >= 4 is 35.6 Å². The number of methoxy groups -OCH3 is 1. The van der Waals surface area contributed by atoms with Crippen molar-refractivity contribution in [2.75, 3.05) is 51.8 Å². The minimum absolute atomic E-state index is 0. The van der Waals surface area contributed by atoms with Crippen molar-refractivity contribution in [3.63, 3.8) is 0 Å². The fourth-order valence-corrected chi connectivity index (χ4v) is 2.65. The van der Waals surface area contributed by atoms with Gasteiger partial charge in [-0.3, -0.25) is 4.99 Å². The zero-order chi connectivity index (χ0) is 16.7. The molecule has 1 unspecified atom stereocenters. The number of anilines is 1. The third-order valence-corrected chi connectivity index (χ3v) is 3.93. The van der Waals surface area contributed by atoms with Gasteiger partial charge in [-0.15, -0.1) is 24.0 Å². The maximum Gasteiger partial charge on any atom is 0.191 e. The number of rotatable bonds is 6. The lowest BCUT2D eigenvalue weighted by molar-refractivity contribution is 0.203. The zero-order valence-electron chi connectivity index (χ0n) is 14.0. The fourth-order valence-electron chi connectivity index (χ4n) is 2.65. The second-order valence-electron chi connectivity index (χ2n) is 5.57. The number of nitrogens with one attached hydrogen (secondary N) is 2. The van der Waals surface area contributed by atoms with Crippen molar-refractivity contribution in [3.05, 3.63) is 29.8 Å². The Hall–Kier alpha value is -1.16. The molecule has 0 amide bonds. The molecule has 0 saturated carbocycles. The monoisotopic (exact) mass is 454 g/mol. The van der Waals surface area contributed by atoms with Gasteiger partial charge in [0.25, 0.3) is 0 Å². The van der Waals surface area contributed by atoms with Crippen molar-refractivity contribution in [1.82, 2.24) is 10.6 Å². The lowest BCUT2D eigenvalue weighted by Gasteiger charge is -2.19. The molecule has 8 heteroatoms. The molecule has 136 valence electrons. The molecule has 1 aliphatic heterocycles. The second kappa shape index (κ2) is 10.7. The summed E-state index contributed by atoms with van der Waals surface area (Å²) in [6.07, 6.45) is 1.00. The van der Waals surface area contributed by atoms with Crippen molar-refractivity contribution in [2.24, 2.45) is 10.9 Å². The standard InChI is InChI=1S/C16H24F2N4O.HI/c1-19-16(20-6-8-23-2)21-10-12-5-7-22(11-12)13-3-4-14(17)15(18)9-13;/h3-4,9,12H,5-8,10-11H2,1-2H3,(H2,19,20,21);1H. The van der Waals surface area contributed by atoms with Gasteiger partial charge in [0.05, 0.1) is 6.61 Å². The molecule has 1 atom stereocenters. The highest BCUT2D eigenvalue weighted by Crippen LogP contribution is 2.24. The van der Waals surface area contributed by atoms with Gasteiger partial charge in [-0.1, -0.05) is 0 Å². The highest BCUT2D eigenvalue weighted by atomic mass is 127. The first kappa shape index (κ1) is 20.9. The van der Waals surface area contributed by atoms with Crippen molar-refractivity contribution in [1.29, 1.82) is 0 Å². The largest absolute Gasteiger partial charge is 0.383 e. The number of hydrogen-bond acceptors (Lipinski definition) is 3. The van der Waals surface area contributed by atoms with Crippen LogP contribution in [0, 0.1) is 17.6 Å². The van der Waals surface area contributed by atoms with Gasteiger partial charge < -0.3 is 20.3 Å². The average molecular weight is 454 g/mol. The molecule has 5 nitrogen and oxygen atoms in total. The zero-order valence-corrected chi connectivity index (χ0v) is 16.3. The Kier molecular flexibility index (Phi) is 9.27. The van der Waals surface area contributed by atoms with Crippen LogP contribution < -0.4 is 15.5 Å². The molecule has 1 aromatic carbocycles. The first-order chi connectivity index (χ1) is 11.1. The predicted octanol–water partition coefficient (Wildman–Crippen LogP) is 2.22. The van der Waals surface area contributed by atoms with Gasteiger partial charge in [-0.05, 0) is 24.5 Å². The van der Waals surface area contributed by atoms with E-state index < -0.39 is 11.6 Å². The van der Waals surface area contributed by atoms with E-state index in [0.29, 0.717) is 19.1 Å². The average Bonchev–Trinajstić information content (AvgIpc) is 3.02. The van der Waals surface area contributed by atoms with Gasteiger partial charge in [0.2, 0.25) is 0 Å². The summed E-state index contributed by atoms with van der Waals surface area (Å²) in [6.45, 7) is 3.75. The van der Waals surface area contributed by atoms with Gasteiger partial charge in [-0.2, -0.15) is 0 Å². The Labute approximate surface area is 158 Å². The Bertz CT molecular complexity index is 545. The first-order valence-corrected chi connectivity index (χ1v) is 7.77. The number of ether oxygens (including phenoxy) is 1. The minimum Gasteiger partial charge on any atom is -0.383 e. The summed E-state index contributed by atoms with van der Waals surface area (Å²) in [5, 5.41) is 6.45. The van der Waals surface area contributed by atoms with Crippen molar-refractivity contribution in [2.45, 2.75) is 6.42 Å². The highest BCUT2D eigenvalue weighted by molar-refractivity contribution is 14.0. The van der Waals surface area contributed by atoms with Crippen LogP contribution in [0.5, 0.6) is 0 Å². The molecule has 2 N–H and O–H groups in total. The molecule has 1 aliphatic rings. The molecule has 1 aromatic rings. The Balaban J connectivity index is 0.00000288. The van der Waals surface area contributed by atoms with E-state index in [-0.39, 0.29) is 24.0 Å². The molecule has 0 bridgehead atoms. The van der Waals surface area contributed by atoms with E-state index in [9.17, 15) is 8.78 Å². The maximum atomic E-state index is 13.3. The Morgan fingerprint density at radius 3 is 2.79 bits per heavy atom. The van der Waals surface area contributed by atoms with Crippen LogP contribution in [-0.4, -0.2) is 52.9 Å². The molecule has 0 aliphatic carbocycles. The molecule has 2 rings (SSSR count). The molecule has 1 heterocycles. The number of halogens is 3. The molecular weight excluding hydrogens is 429 g/mol. The summed E-state index contributed by atoms with van der Waals surface area (Å²) in [5.74, 6) is -0.429. The third-order valence-electron chi connectivity index (χ3n) is 3.93. The van der Waals surface area contributed by atoms with E-state index in [0.717, 1.165) is 37.7 Å². The van der Waals surface area contributed by atoms with E-state index in [1.54, 1.807) is 20.2 Å². The van der Waals surface area contributed by atoms with Gasteiger partial charge >= 0.3 is 0 Å². The van der Waals surface area contributed by atoms with Crippen LogP contribution in [-0.2, 0) is 4.74 Å². The molecule has 0 spiro atoms. The summed E-state index contributed by atoms with van der Waals surface area (Å²) in [4.78, 5) is 6.23. The number of benzene rings is 1. The molecule has 1 fully saturated rings. The molecule has 1 saturated heterocycles. The predicted molar refractivity (Wildman–Crippen MR) is 103 cm³/mol. The molecule has 24 heavy (non-hydrogen) atoms. The second-order valence-corrected chi connectivity index (χ2v) is 5.57. The third kappa shape index (κ3) is 6.04. The molecule has 0 radical (unpaired) electrons. The van der Waals surface area contributed by atoms with Gasteiger partial charge in [0.1, 0.15) is 0 Å². The van der Waals surface area contributed by atoms with Crippen LogP contribution in [0.1, 0.15) is 6.42 Å². The lowest BCUT2D eigenvalue weighted by Crippen LogP contribution is -2.41. The SMILES string of the molecule is CN=C(NCCOC)NCC1CCN(c2ccc(F)c(F)c2)C1.I. The number of aliphatic imine (C=N–C) groups is 1. The van der Waals surface area contributed by atoms with Crippen LogP contribution in [0.3, 0.4) is 0 Å². The number of hydrogen-bond donors (Lipinski definition) is 2. The summed E-state index contributed by atoms with van der Waals surface area (Å²) < 4.78 is 31.3. The van der Waals surface area contributed by atoms with E-state index in [1.807, 2.05) is 0 Å². The topological polar surface area (TPSA) is 48.9 Å². The maximum absolute atomic E-state index is 13.3. The van der Waals surface area contributed by atoms with E-state index in [2.05, 4.69) is 20.5 Å². The smallest absolute Gasteiger partial charge is 0.191 e. The van der Waals surface area contributed by atoms with Gasteiger partial charge in [0.15, 0.2) is 17.6 Å². The summed E-state index contributed by atoms with van der Waals surface area (Å²) in [5.41, 5.74) is 0.731. The van der Waals surface area contributed by atoms with E-state index in [1.165, 1.54) is 12.1 Å². The van der Waals surface area contributed by atoms with Gasteiger partial charge in [0, 0.05) is 52.1 Å². The Morgan fingerprint density at radius 1 is 1.33 bits per heavy atom. The van der Waals surface area contributed by atoms with Crippen LogP contribution in [0.4, 0.5) is 14.5 Å². The highest BCUT2D eigenvalue weighted by Gasteiger charge is 2.23. The minimum atomic E-state index is -0.808. The van der Waals surface area contributed by atoms with E-state index in [4.69, 9.17) is 4.74 Å². The summed E-state index contributed by atoms with van der Waals surface area (Å²) >= 11 is 0. The van der Waals surface area contributed by atoms with Crippen molar-refractivity contribution in [3.8, 4) is 0 Å². The molecule has 0 aromatic heterocycles. The lowest BCUT2D eigenvalue weighted by atomic mass is 10.1. The van der Waals surface area contributed by atoms with Crippen LogP contribution in [0.15, 0.2) is 23.2 Å². The summed E-state index contributed by atoms with van der Waals surface area (Å²) in [7, 11) is 3.38. The van der Waals surface area contributed by atoms with Gasteiger partial charge in [-0.25, -0.2) is 8.78 Å². The number of guanidine groups is 1. The van der Waals surface area contributed by atoms with Crippen molar-refractivity contribution < 1.29 is 13.5 Å². The normalized spacial score (nSPS) is 17.6. The fraction of sp³-hybridized carbons (Fsp3) is 0.562. The molecular formula is C16H25F2IN4O. The quantitative estimate of drug-likeness (QED) is 0.300. The number of nitrogens with zero attached hydrogens (tertiary/aromatic N) is 2. The first-order valence-electron chi connectivity index (χ1n) is 7.77. The summed E-state index contributed by atoms with van der Waals surface area (Å²) in [6, 6.07) is 4.06. The van der Waals surface area contributed by atoms with Crippen LogP contribution >= 0.6 is 24.0 Å².